The molecule has 0 saturated carbocycles. The van der Waals surface area contributed by atoms with Gasteiger partial charge in [-0.25, -0.2) is 0 Å². The Morgan fingerprint density at radius 2 is 1.73 bits per heavy atom. The van der Waals surface area contributed by atoms with E-state index in [0.717, 1.165) is 17.8 Å². The first-order valence-electron chi connectivity index (χ1n) is 10.6. The lowest BCUT2D eigenvalue weighted by Crippen LogP contribution is -2.42. The van der Waals surface area contributed by atoms with Gasteiger partial charge >= 0.3 is 0 Å². The standard InChI is InChI=1S/C25H29N5O2Si/c1-25(2,3)33(5,6)32-14-13-30(4)20-10-7-18(8-11-20)9-12-21-22(17-28)23(29-24(21)31)19(15-26)16-27/h7-12H,13-14H2,1-6H3,(H,29,31)/b12-9+. The van der Waals surface area contributed by atoms with E-state index in [4.69, 9.17) is 14.9 Å². The van der Waals surface area contributed by atoms with Gasteiger partial charge in [-0.15, -0.1) is 0 Å². The summed E-state index contributed by atoms with van der Waals surface area (Å²) in [5, 5.41) is 30.1. The summed E-state index contributed by atoms with van der Waals surface area (Å²) in [7, 11) is 0.245. The van der Waals surface area contributed by atoms with E-state index in [1.165, 1.54) is 6.08 Å². The number of amides is 1. The molecule has 0 fully saturated rings. The SMILES string of the molecule is CN(CCO[Si](C)(C)C(C)(C)C)c1ccc(/C=C/C2=C(C#N)C(=C(C#N)C#N)NC2=O)cc1. The van der Waals surface area contributed by atoms with Gasteiger partial charge in [0.25, 0.3) is 5.91 Å². The zero-order valence-corrected chi connectivity index (χ0v) is 21.0. The Balaban J connectivity index is 2.10. The Morgan fingerprint density at radius 3 is 2.24 bits per heavy atom. The van der Waals surface area contributed by atoms with E-state index < -0.39 is 14.2 Å². The van der Waals surface area contributed by atoms with Crippen molar-refractivity contribution < 1.29 is 9.22 Å². The number of hydrogen-bond donors (Lipinski definition) is 1. The second kappa shape index (κ2) is 10.3. The first-order chi connectivity index (χ1) is 15.4. The molecule has 8 heteroatoms. The molecule has 1 amide bonds. The minimum Gasteiger partial charge on any atom is -0.415 e. The second-order valence-corrected chi connectivity index (χ2v) is 14.1. The van der Waals surface area contributed by atoms with Gasteiger partial charge in [-0.1, -0.05) is 39.0 Å². The minimum atomic E-state index is -1.77. The normalized spacial score (nSPS) is 14.0. The highest BCUT2D eigenvalue weighted by atomic mass is 28.4. The Morgan fingerprint density at radius 1 is 1.12 bits per heavy atom. The lowest BCUT2D eigenvalue weighted by Gasteiger charge is -2.36. The Hall–Kier alpha value is -3.64. The molecule has 1 aromatic rings. The van der Waals surface area contributed by atoms with Crippen LogP contribution in [0.1, 0.15) is 26.3 Å². The highest BCUT2D eigenvalue weighted by molar-refractivity contribution is 6.74. The van der Waals surface area contributed by atoms with Crippen molar-refractivity contribution in [2.75, 3.05) is 25.1 Å². The van der Waals surface area contributed by atoms with E-state index >= 15 is 0 Å². The molecule has 2 rings (SSSR count). The quantitative estimate of drug-likeness (QED) is 0.477. The first-order valence-corrected chi connectivity index (χ1v) is 13.5. The van der Waals surface area contributed by atoms with Crippen molar-refractivity contribution >= 4 is 26.0 Å². The van der Waals surface area contributed by atoms with Crippen LogP contribution in [0.5, 0.6) is 0 Å². The molecule has 1 heterocycles. The number of rotatable bonds is 7. The van der Waals surface area contributed by atoms with Gasteiger partial charge in [0.05, 0.1) is 23.5 Å². The largest absolute Gasteiger partial charge is 0.415 e. The van der Waals surface area contributed by atoms with Gasteiger partial charge in [-0.05, 0) is 41.9 Å². The Labute approximate surface area is 197 Å². The van der Waals surface area contributed by atoms with Gasteiger partial charge in [0.15, 0.2) is 13.9 Å². The van der Waals surface area contributed by atoms with Crippen LogP contribution < -0.4 is 10.2 Å². The molecule has 0 unspecified atom stereocenters. The minimum absolute atomic E-state index is 0.00700. The van der Waals surface area contributed by atoms with Gasteiger partial charge < -0.3 is 14.6 Å². The zero-order chi connectivity index (χ0) is 24.8. The molecule has 0 bridgehead atoms. The zero-order valence-electron chi connectivity index (χ0n) is 20.0. The number of benzene rings is 1. The highest BCUT2D eigenvalue weighted by Gasteiger charge is 2.37. The van der Waals surface area contributed by atoms with Crippen LogP contribution in [-0.4, -0.2) is 34.4 Å². The molecule has 1 aliphatic rings. The third-order valence-corrected chi connectivity index (χ3v) is 10.6. The molecule has 0 aliphatic carbocycles. The summed E-state index contributed by atoms with van der Waals surface area (Å²) < 4.78 is 6.25. The van der Waals surface area contributed by atoms with Crippen molar-refractivity contribution in [3.63, 3.8) is 0 Å². The number of carbonyl (C=O) groups is 1. The summed E-state index contributed by atoms with van der Waals surface area (Å²) in [6, 6.07) is 13.1. The Kier molecular flexibility index (Phi) is 8.01. The van der Waals surface area contributed by atoms with Crippen molar-refractivity contribution in [1.82, 2.24) is 5.32 Å². The number of hydrogen-bond acceptors (Lipinski definition) is 6. The van der Waals surface area contributed by atoms with Crippen LogP contribution in [0.3, 0.4) is 0 Å². The van der Waals surface area contributed by atoms with Crippen molar-refractivity contribution in [3.05, 3.63) is 58.3 Å². The van der Waals surface area contributed by atoms with E-state index in [1.54, 1.807) is 18.2 Å². The van der Waals surface area contributed by atoms with Crippen LogP contribution >= 0.6 is 0 Å². The molecule has 33 heavy (non-hydrogen) atoms. The molecule has 1 aliphatic heterocycles. The van der Waals surface area contributed by atoms with Crippen LogP contribution in [0.4, 0.5) is 5.69 Å². The van der Waals surface area contributed by atoms with Crippen LogP contribution in [0.25, 0.3) is 6.08 Å². The topological polar surface area (TPSA) is 113 Å². The summed E-state index contributed by atoms with van der Waals surface area (Å²) >= 11 is 0. The number of carbonyl (C=O) groups excluding carboxylic acids is 1. The van der Waals surface area contributed by atoms with E-state index in [2.05, 4.69) is 44.1 Å². The van der Waals surface area contributed by atoms with Gasteiger partial charge in [-0.3, -0.25) is 4.79 Å². The number of likely N-dealkylation sites (N-methyl/N-ethyl adjacent to an activating group) is 1. The van der Waals surface area contributed by atoms with Crippen LogP contribution in [0.2, 0.25) is 18.1 Å². The predicted molar refractivity (Wildman–Crippen MR) is 131 cm³/mol. The molecule has 0 spiro atoms. The van der Waals surface area contributed by atoms with Gasteiger partial charge in [0.2, 0.25) is 0 Å². The lowest BCUT2D eigenvalue weighted by atomic mass is 10.1. The average Bonchev–Trinajstić information content (AvgIpc) is 3.07. The molecule has 170 valence electrons. The summed E-state index contributed by atoms with van der Waals surface area (Å²) in [5.41, 5.74) is 1.67. The van der Waals surface area contributed by atoms with Gasteiger partial charge in [0.1, 0.15) is 18.2 Å². The molecule has 0 radical (unpaired) electrons. The van der Waals surface area contributed by atoms with E-state index in [1.807, 2.05) is 37.4 Å². The summed E-state index contributed by atoms with van der Waals surface area (Å²) in [4.78, 5) is 14.4. The molecular formula is C25H29N5O2Si. The van der Waals surface area contributed by atoms with Gasteiger partial charge in [0, 0.05) is 19.3 Å². The number of nitrogens with one attached hydrogen (secondary N) is 1. The fourth-order valence-corrected chi connectivity index (χ4v) is 3.93. The summed E-state index contributed by atoms with van der Waals surface area (Å²) in [6.45, 7) is 12.6. The van der Waals surface area contributed by atoms with Crippen LogP contribution in [0, 0.1) is 34.0 Å². The fraction of sp³-hybridized carbons (Fsp3) is 0.360. The van der Waals surface area contributed by atoms with E-state index in [-0.39, 0.29) is 27.5 Å². The number of nitriles is 3. The smallest absolute Gasteiger partial charge is 0.257 e. The maximum Gasteiger partial charge on any atom is 0.257 e. The Bertz CT molecular complexity index is 1120. The highest BCUT2D eigenvalue weighted by Crippen LogP contribution is 2.36. The summed E-state index contributed by atoms with van der Waals surface area (Å²) in [5.74, 6) is -0.515. The van der Waals surface area contributed by atoms with Crippen molar-refractivity contribution in [1.29, 1.82) is 15.8 Å². The lowest BCUT2D eigenvalue weighted by molar-refractivity contribution is -0.115. The predicted octanol–water partition coefficient (Wildman–Crippen LogP) is 4.41. The molecular weight excluding hydrogens is 430 g/mol. The number of nitrogens with zero attached hydrogens (tertiary/aromatic N) is 4. The molecule has 1 N–H and O–H groups in total. The van der Waals surface area contributed by atoms with E-state index in [0.29, 0.717) is 6.61 Å². The average molecular weight is 460 g/mol. The summed E-state index contributed by atoms with van der Waals surface area (Å²) in [6.07, 6.45) is 3.25. The monoisotopic (exact) mass is 459 g/mol. The maximum atomic E-state index is 12.2. The fourth-order valence-electron chi connectivity index (χ4n) is 2.89. The maximum absolute atomic E-state index is 12.2. The number of anilines is 1. The van der Waals surface area contributed by atoms with Crippen molar-refractivity contribution in [2.24, 2.45) is 0 Å². The van der Waals surface area contributed by atoms with Crippen LogP contribution in [-0.2, 0) is 9.22 Å². The molecule has 7 nitrogen and oxygen atoms in total. The number of allylic oxidation sites excluding steroid dienone is 2. The van der Waals surface area contributed by atoms with Crippen molar-refractivity contribution in [2.45, 2.75) is 38.9 Å². The van der Waals surface area contributed by atoms with E-state index in [9.17, 15) is 10.1 Å². The molecule has 0 aromatic heterocycles. The van der Waals surface area contributed by atoms with Crippen LogP contribution in [0.15, 0.2) is 52.8 Å². The third kappa shape index (κ3) is 5.99. The first kappa shape index (κ1) is 25.6. The molecule has 0 atom stereocenters. The third-order valence-electron chi connectivity index (χ3n) is 6.06. The van der Waals surface area contributed by atoms with Gasteiger partial charge in [-0.2, -0.15) is 15.8 Å². The second-order valence-electron chi connectivity index (χ2n) is 9.28. The van der Waals surface area contributed by atoms with Crippen molar-refractivity contribution in [3.8, 4) is 18.2 Å². The molecule has 1 aromatic carbocycles. The molecule has 0 saturated heterocycles.